The molecule has 0 aromatic heterocycles. The van der Waals surface area contributed by atoms with Crippen molar-refractivity contribution in [2.24, 2.45) is 0 Å². The fourth-order valence-electron chi connectivity index (χ4n) is 4.02. The first-order valence-electron chi connectivity index (χ1n) is 11.5. The van der Waals surface area contributed by atoms with Gasteiger partial charge in [-0.25, -0.2) is 0 Å². The highest BCUT2D eigenvalue weighted by Gasteiger charge is 2.08. The summed E-state index contributed by atoms with van der Waals surface area (Å²) < 4.78 is 5.68. The van der Waals surface area contributed by atoms with Crippen molar-refractivity contribution < 1.29 is 4.74 Å². The third-order valence-corrected chi connectivity index (χ3v) is 5.70. The van der Waals surface area contributed by atoms with Gasteiger partial charge in [-0.3, -0.25) is 0 Å². The summed E-state index contributed by atoms with van der Waals surface area (Å²) in [6.45, 7) is 6.27. The maximum Gasteiger partial charge on any atom is 0.0466 e. The van der Waals surface area contributed by atoms with Gasteiger partial charge in [0.15, 0.2) is 0 Å². The maximum absolute atomic E-state index is 5.68. The van der Waals surface area contributed by atoms with Gasteiger partial charge in [-0.2, -0.15) is 0 Å². The third kappa shape index (κ3) is 6.18. The largest absolute Gasteiger partial charge is 0.381 e. The molecule has 0 bridgehead atoms. The van der Waals surface area contributed by atoms with Crippen molar-refractivity contribution in [1.82, 2.24) is 0 Å². The van der Waals surface area contributed by atoms with Crippen LogP contribution in [0.3, 0.4) is 0 Å². The van der Waals surface area contributed by atoms with E-state index in [1.165, 1.54) is 71.6 Å². The summed E-state index contributed by atoms with van der Waals surface area (Å²) in [5.74, 6) is 0. The molecule has 0 atom stereocenters. The van der Waals surface area contributed by atoms with Crippen LogP contribution in [0.25, 0.3) is 21.9 Å². The first-order valence-corrected chi connectivity index (χ1v) is 11.5. The average Bonchev–Trinajstić information content (AvgIpc) is 2.76. The molecule has 0 saturated heterocycles. The van der Waals surface area contributed by atoms with Crippen molar-refractivity contribution in [1.29, 1.82) is 0 Å². The summed E-state index contributed by atoms with van der Waals surface area (Å²) in [5.41, 5.74) is 5.56. The Hall–Kier alpha value is -2.12. The molecule has 0 fully saturated rings. The molecule has 0 radical (unpaired) electrons. The van der Waals surface area contributed by atoms with Crippen molar-refractivity contribution in [3.63, 3.8) is 0 Å². The van der Waals surface area contributed by atoms with Gasteiger partial charge in [-0.1, -0.05) is 93.8 Å². The lowest BCUT2D eigenvalue weighted by Gasteiger charge is -2.12. The molecule has 1 heteroatoms. The topological polar surface area (TPSA) is 9.23 Å². The molecule has 1 nitrogen and oxygen atoms in total. The van der Waals surface area contributed by atoms with E-state index in [0.717, 1.165) is 26.1 Å². The third-order valence-electron chi connectivity index (χ3n) is 5.70. The summed E-state index contributed by atoms with van der Waals surface area (Å²) in [5, 5.41) is 2.78. The van der Waals surface area contributed by atoms with E-state index in [1.54, 1.807) is 0 Å². The second kappa shape index (κ2) is 11.8. The second-order valence-corrected chi connectivity index (χ2v) is 8.04. The Morgan fingerprint density at radius 2 is 1.38 bits per heavy atom. The predicted molar refractivity (Wildman–Crippen MR) is 127 cm³/mol. The summed E-state index contributed by atoms with van der Waals surface area (Å²) in [6.07, 6.45) is 9.53. The minimum absolute atomic E-state index is 0.910. The van der Waals surface area contributed by atoms with Crippen LogP contribution in [0.15, 0.2) is 60.7 Å². The highest BCUT2D eigenvalue weighted by molar-refractivity contribution is 5.98. The zero-order chi connectivity index (χ0) is 20.3. The number of rotatable bonds is 12. The molecule has 0 aliphatic carbocycles. The highest BCUT2D eigenvalue weighted by Crippen LogP contribution is 2.32. The first-order chi connectivity index (χ1) is 14.3. The Morgan fingerprint density at radius 1 is 0.621 bits per heavy atom. The second-order valence-electron chi connectivity index (χ2n) is 8.04. The number of aryl methyl sites for hydroxylation is 2. The van der Waals surface area contributed by atoms with E-state index in [9.17, 15) is 0 Å². The van der Waals surface area contributed by atoms with E-state index < -0.39 is 0 Å². The van der Waals surface area contributed by atoms with Crippen molar-refractivity contribution in [3.8, 4) is 11.1 Å². The Labute approximate surface area is 177 Å². The zero-order valence-electron chi connectivity index (χ0n) is 18.3. The molecule has 3 aromatic carbocycles. The first kappa shape index (κ1) is 21.6. The number of fused-ring (bicyclic) bond motifs is 1. The molecule has 29 heavy (non-hydrogen) atoms. The number of unbranched alkanes of at least 4 members (excludes halogenated alkanes) is 3. The van der Waals surface area contributed by atoms with Crippen LogP contribution in [0.5, 0.6) is 0 Å². The van der Waals surface area contributed by atoms with Crippen molar-refractivity contribution in [2.45, 2.75) is 65.2 Å². The Morgan fingerprint density at radius 3 is 2.14 bits per heavy atom. The standard InChI is InChI=1S/C28H36O/c1-3-5-21-29-22-10-6-7-12-24-19-20-27(28-14-9-8-13-26(24)28)25-17-15-23(11-4-2)16-18-25/h8-9,13-20H,3-7,10-12,21-22H2,1-2H3. The van der Waals surface area contributed by atoms with Crippen LogP contribution >= 0.6 is 0 Å². The average molecular weight is 389 g/mol. The van der Waals surface area contributed by atoms with E-state index in [-0.39, 0.29) is 0 Å². The normalized spacial score (nSPS) is 11.2. The van der Waals surface area contributed by atoms with E-state index in [0.29, 0.717) is 0 Å². The molecule has 0 spiro atoms. The molecule has 0 heterocycles. The lowest BCUT2D eigenvalue weighted by atomic mass is 9.92. The minimum atomic E-state index is 0.910. The fraction of sp³-hybridized carbons (Fsp3) is 0.429. The fourth-order valence-corrected chi connectivity index (χ4v) is 4.02. The zero-order valence-corrected chi connectivity index (χ0v) is 18.3. The predicted octanol–water partition coefficient (Wildman–Crippen LogP) is 7.99. The summed E-state index contributed by atoms with van der Waals surface area (Å²) >= 11 is 0. The molecule has 3 aromatic rings. The molecular weight excluding hydrogens is 352 g/mol. The van der Waals surface area contributed by atoms with Crippen LogP contribution in [-0.2, 0) is 17.6 Å². The van der Waals surface area contributed by atoms with Crippen LogP contribution in [-0.4, -0.2) is 13.2 Å². The van der Waals surface area contributed by atoms with Crippen LogP contribution in [0.1, 0.15) is 63.5 Å². The van der Waals surface area contributed by atoms with Crippen LogP contribution in [0, 0.1) is 0 Å². The van der Waals surface area contributed by atoms with Crippen LogP contribution in [0.2, 0.25) is 0 Å². The van der Waals surface area contributed by atoms with Crippen molar-refractivity contribution in [2.75, 3.05) is 13.2 Å². The van der Waals surface area contributed by atoms with Gasteiger partial charge in [0, 0.05) is 13.2 Å². The van der Waals surface area contributed by atoms with E-state index in [4.69, 9.17) is 4.74 Å². The van der Waals surface area contributed by atoms with Crippen LogP contribution < -0.4 is 0 Å². The molecule has 0 saturated carbocycles. The molecule has 0 aliphatic heterocycles. The van der Waals surface area contributed by atoms with Gasteiger partial charge in [0.25, 0.3) is 0 Å². The molecule has 3 rings (SSSR count). The van der Waals surface area contributed by atoms with E-state index in [2.05, 4.69) is 74.5 Å². The minimum Gasteiger partial charge on any atom is -0.381 e. The molecule has 0 unspecified atom stereocenters. The Balaban J connectivity index is 1.66. The molecular formula is C28H36O. The molecule has 0 N–H and O–H groups in total. The van der Waals surface area contributed by atoms with Gasteiger partial charge in [-0.05, 0) is 65.1 Å². The smallest absolute Gasteiger partial charge is 0.0466 e. The lowest BCUT2D eigenvalue weighted by Crippen LogP contribution is -1.97. The maximum atomic E-state index is 5.68. The lowest BCUT2D eigenvalue weighted by molar-refractivity contribution is 0.127. The van der Waals surface area contributed by atoms with Gasteiger partial charge in [-0.15, -0.1) is 0 Å². The van der Waals surface area contributed by atoms with Gasteiger partial charge in [0.05, 0.1) is 0 Å². The molecule has 0 amide bonds. The summed E-state index contributed by atoms with van der Waals surface area (Å²) in [6, 6.07) is 22.7. The molecule has 154 valence electrons. The summed E-state index contributed by atoms with van der Waals surface area (Å²) in [7, 11) is 0. The van der Waals surface area contributed by atoms with E-state index >= 15 is 0 Å². The number of hydrogen-bond acceptors (Lipinski definition) is 1. The SMILES string of the molecule is CCCCOCCCCCc1ccc(-c2ccc(CCC)cc2)c2ccccc12. The Bertz CT molecular complexity index is 863. The van der Waals surface area contributed by atoms with E-state index in [1.807, 2.05) is 0 Å². The van der Waals surface area contributed by atoms with Gasteiger partial charge in [0.2, 0.25) is 0 Å². The van der Waals surface area contributed by atoms with Gasteiger partial charge < -0.3 is 4.74 Å². The number of hydrogen-bond donors (Lipinski definition) is 0. The van der Waals surface area contributed by atoms with Crippen LogP contribution in [0.4, 0.5) is 0 Å². The van der Waals surface area contributed by atoms with Crippen molar-refractivity contribution in [3.05, 3.63) is 71.8 Å². The molecule has 0 aliphatic rings. The number of benzene rings is 3. The number of ether oxygens (including phenoxy) is 1. The van der Waals surface area contributed by atoms with Gasteiger partial charge >= 0.3 is 0 Å². The van der Waals surface area contributed by atoms with Crippen molar-refractivity contribution >= 4 is 10.8 Å². The monoisotopic (exact) mass is 388 g/mol. The van der Waals surface area contributed by atoms with Gasteiger partial charge in [0.1, 0.15) is 0 Å². The summed E-state index contributed by atoms with van der Waals surface area (Å²) in [4.78, 5) is 0. The quantitative estimate of drug-likeness (QED) is 0.286. The Kier molecular flexibility index (Phi) is 8.77. The highest BCUT2D eigenvalue weighted by atomic mass is 16.5.